The molecule has 214 valence electrons. The second-order valence-corrected chi connectivity index (χ2v) is 11.6. The molecule has 1 aliphatic rings. The highest BCUT2D eigenvalue weighted by atomic mass is 35.5. The molecule has 0 radical (unpaired) electrons. The number of carbonyl (C=O) groups is 1. The Morgan fingerprint density at radius 2 is 1.81 bits per heavy atom. The predicted octanol–water partition coefficient (Wildman–Crippen LogP) is 5.63. The molecule has 1 atom stereocenters. The van der Waals surface area contributed by atoms with E-state index in [1.807, 2.05) is 79.7 Å². The van der Waals surface area contributed by atoms with Gasteiger partial charge < -0.3 is 9.30 Å². The van der Waals surface area contributed by atoms with Crippen molar-refractivity contribution in [1.29, 1.82) is 5.26 Å². The van der Waals surface area contributed by atoms with Gasteiger partial charge in [-0.1, -0.05) is 77.5 Å². The molecule has 0 saturated heterocycles. The maximum atomic E-state index is 14.2. The number of allylic oxidation sites excluding steroid dienone is 1. The number of fused-ring (bicyclic) bond motifs is 2. The van der Waals surface area contributed by atoms with Crippen molar-refractivity contribution in [2.75, 3.05) is 6.61 Å². The van der Waals surface area contributed by atoms with Gasteiger partial charge in [0.05, 0.1) is 34.0 Å². The van der Waals surface area contributed by atoms with Crippen LogP contribution in [0.1, 0.15) is 47.8 Å². The van der Waals surface area contributed by atoms with E-state index in [4.69, 9.17) is 16.3 Å². The Morgan fingerprint density at radius 1 is 1.09 bits per heavy atom. The van der Waals surface area contributed by atoms with Crippen molar-refractivity contribution in [2.45, 2.75) is 33.4 Å². The number of para-hydroxylation sites is 1. The largest absolute Gasteiger partial charge is 0.463 e. The number of halogens is 1. The summed E-state index contributed by atoms with van der Waals surface area (Å²) in [5.41, 5.74) is 5.55. The summed E-state index contributed by atoms with van der Waals surface area (Å²) in [7, 11) is 0. The Kier molecular flexibility index (Phi) is 7.61. The molecule has 0 fully saturated rings. The van der Waals surface area contributed by atoms with E-state index in [2.05, 4.69) is 15.6 Å². The van der Waals surface area contributed by atoms with Crippen LogP contribution in [0.5, 0.6) is 0 Å². The first-order chi connectivity index (χ1) is 20.8. The number of nitrogens with zero attached hydrogens (tertiary/aromatic N) is 4. The van der Waals surface area contributed by atoms with Crippen LogP contribution in [0, 0.1) is 18.3 Å². The van der Waals surface area contributed by atoms with Crippen molar-refractivity contribution >= 4 is 45.9 Å². The van der Waals surface area contributed by atoms with Gasteiger partial charge in [-0.2, -0.15) is 5.26 Å². The predicted molar refractivity (Wildman–Crippen MR) is 169 cm³/mol. The number of thiazole rings is 1. The lowest BCUT2D eigenvalue weighted by molar-refractivity contribution is -0.139. The average molecular weight is 607 g/mol. The molecular weight excluding hydrogens is 580 g/mol. The van der Waals surface area contributed by atoms with Crippen LogP contribution in [0.3, 0.4) is 0 Å². The number of rotatable bonds is 6. The van der Waals surface area contributed by atoms with Crippen LogP contribution in [-0.4, -0.2) is 21.7 Å². The molecule has 9 heteroatoms. The highest BCUT2D eigenvalue weighted by Gasteiger charge is 2.34. The minimum absolute atomic E-state index is 0.192. The molecule has 7 nitrogen and oxygen atoms in total. The molecule has 0 bridgehead atoms. The fraction of sp³-hybridized carbons (Fsp3) is 0.176. The number of hydrogen-bond acceptors (Lipinski definition) is 6. The fourth-order valence-electron chi connectivity index (χ4n) is 5.69. The second kappa shape index (κ2) is 11.5. The van der Waals surface area contributed by atoms with Crippen molar-refractivity contribution in [3.63, 3.8) is 0 Å². The maximum Gasteiger partial charge on any atom is 0.338 e. The van der Waals surface area contributed by atoms with E-state index in [1.165, 1.54) is 11.3 Å². The van der Waals surface area contributed by atoms with E-state index < -0.39 is 12.0 Å². The minimum atomic E-state index is -0.781. The van der Waals surface area contributed by atoms with Crippen molar-refractivity contribution < 1.29 is 9.53 Å². The smallest absolute Gasteiger partial charge is 0.338 e. The summed E-state index contributed by atoms with van der Waals surface area (Å²) in [4.78, 5) is 32.5. The lowest BCUT2D eigenvalue weighted by atomic mass is 9.96. The van der Waals surface area contributed by atoms with E-state index in [9.17, 15) is 14.9 Å². The third kappa shape index (κ3) is 4.91. The summed E-state index contributed by atoms with van der Waals surface area (Å²) in [5, 5.41) is 11.1. The van der Waals surface area contributed by atoms with Crippen LogP contribution >= 0.6 is 22.9 Å². The Balaban J connectivity index is 1.56. The molecule has 2 aromatic heterocycles. The highest BCUT2D eigenvalue weighted by molar-refractivity contribution is 7.07. The number of ether oxygens (including phenoxy) is 1. The van der Waals surface area contributed by atoms with E-state index in [0.717, 1.165) is 27.7 Å². The third-order valence-electron chi connectivity index (χ3n) is 7.74. The van der Waals surface area contributed by atoms with Gasteiger partial charge in [-0.15, -0.1) is 0 Å². The van der Waals surface area contributed by atoms with Gasteiger partial charge in [-0.25, -0.2) is 9.79 Å². The fourth-order valence-corrected chi connectivity index (χ4v) is 6.96. The summed E-state index contributed by atoms with van der Waals surface area (Å²) >= 11 is 7.91. The zero-order chi connectivity index (χ0) is 30.2. The molecule has 1 aliphatic heterocycles. The van der Waals surface area contributed by atoms with E-state index >= 15 is 0 Å². The maximum absolute atomic E-state index is 14.2. The lowest BCUT2D eigenvalue weighted by Crippen LogP contribution is -2.40. The monoisotopic (exact) mass is 606 g/mol. The molecule has 0 N–H and O–H groups in total. The van der Waals surface area contributed by atoms with Crippen molar-refractivity contribution in [2.24, 2.45) is 4.99 Å². The zero-order valence-corrected chi connectivity index (χ0v) is 25.4. The van der Waals surface area contributed by atoms with Gasteiger partial charge in [0.1, 0.15) is 6.04 Å². The van der Waals surface area contributed by atoms with Crippen molar-refractivity contribution in [1.82, 2.24) is 9.13 Å². The number of benzene rings is 3. The number of hydrogen-bond donors (Lipinski definition) is 0. The second-order valence-electron chi connectivity index (χ2n) is 10.2. The van der Waals surface area contributed by atoms with Crippen LogP contribution in [-0.2, 0) is 16.1 Å². The van der Waals surface area contributed by atoms with Gasteiger partial charge in [0, 0.05) is 33.7 Å². The number of aromatic nitrogens is 2. The molecule has 6 rings (SSSR count). The van der Waals surface area contributed by atoms with Gasteiger partial charge in [0.25, 0.3) is 5.56 Å². The average Bonchev–Trinajstić information content (AvgIpc) is 3.45. The minimum Gasteiger partial charge on any atom is -0.463 e. The molecule has 0 aliphatic carbocycles. The van der Waals surface area contributed by atoms with Crippen LogP contribution in [0.4, 0.5) is 0 Å². The van der Waals surface area contributed by atoms with Gasteiger partial charge in [-0.3, -0.25) is 9.36 Å². The van der Waals surface area contributed by atoms with Crippen LogP contribution in [0.2, 0.25) is 5.02 Å². The number of carbonyl (C=O) groups excluding carboxylic acids is 1. The topological polar surface area (TPSA) is 89.4 Å². The number of esters is 1. The van der Waals surface area contributed by atoms with Gasteiger partial charge in [-0.05, 0) is 56.2 Å². The zero-order valence-electron chi connectivity index (χ0n) is 23.8. The van der Waals surface area contributed by atoms with E-state index in [0.29, 0.717) is 37.7 Å². The summed E-state index contributed by atoms with van der Waals surface area (Å²) in [6, 6.07) is 24.3. The van der Waals surface area contributed by atoms with Crippen molar-refractivity contribution in [3.05, 3.63) is 137 Å². The quantitative estimate of drug-likeness (QED) is 0.234. The molecule has 0 unspecified atom stereocenters. The summed E-state index contributed by atoms with van der Waals surface area (Å²) in [6.45, 7) is 6.22. The lowest BCUT2D eigenvalue weighted by Gasteiger charge is -2.25. The van der Waals surface area contributed by atoms with Crippen LogP contribution in [0.15, 0.2) is 93.9 Å². The summed E-state index contributed by atoms with van der Waals surface area (Å²) in [6.07, 6.45) is 1.90. The Hall–Kier alpha value is -4.71. The van der Waals surface area contributed by atoms with Crippen molar-refractivity contribution in [3.8, 4) is 6.07 Å². The van der Waals surface area contributed by atoms with E-state index in [1.54, 1.807) is 24.5 Å². The molecule has 3 heterocycles. The molecule has 43 heavy (non-hydrogen) atoms. The Bertz CT molecular complexity index is 2180. The summed E-state index contributed by atoms with van der Waals surface area (Å²) in [5.74, 6) is -0.528. The Labute approximate surface area is 256 Å². The van der Waals surface area contributed by atoms with Gasteiger partial charge in [0.15, 0.2) is 4.80 Å². The van der Waals surface area contributed by atoms with E-state index in [-0.39, 0.29) is 17.7 Å². The van der Waals surface area contributed by atoms with Crippen LogP contribution < -0.4 is 14.9 Å². The summed E-state index contributed by atoms with van der Waals surface area (Å²) < 4.78 is 9.59. The Morgan fingerprint density at radius 3 is 2.58 bits per heavy atom. The molecule has 3 aromatic carbocycles. The standard InChI is InChI=1S/C34H27ClN4O3S/c1-4-42-33(41)30-20(2)37-34-39(31(30)25-14-7-9-15-27(25)35)32(40)29(43-34)17-26-21(3)38(28-16-10-8-13-24(26)28)19-23-12-6-5-11-22(23)18-36/h5-17,31H,4,19H2,1-3H3/b29-17-/t31-/m0/s1. The molecule has 5 aromatic rings. The molecule has 0 saturated carbocycles. The molecule has 0 amide bonds. The first-order valence-electron chi connectivity index (χ1n) is 13.8. The van der Waals surface area contributed by atoms with Crippen LogP contribution in [0.25, 0.3) is 17.0 Å². The number of nitriles is 1. The molecule has 0 spiro atoms. The first-order valence-corrected chi connectivity index (χ1v) is 15.0. The third-order valence-corrected chi connectivity index (χ3v) is 9.07. The van der Waals surface area contributed by atoms with Gasteiger partial charge >= 0.3 is 5.97 Å². The highest BCUT2D eigenvalue weighted by Crippen LogP contribution is 2.34. The first kappa shape index (κ1) is 28.4. The SMILES string of the molecule is CCOC(=O)C1=C(C)N=c2s/c(=C\c3c(C)n(Cc4ccccc4C#N)c4ccccc34)c(=O)n2[C@H]1c1ccccc1Cl. The molecular formula is C34H27ClN4O3S. The van der Waals surface area contributed by atoms with Gasteiger partial charge in [0.2, 0.25) is 0 Å². The normalized spacial score (nSPS) is 14.9.